The Kier molecular flexibility index (Phi) is 4.58. The predicted octanol–water partition coefficient (Wildman–Crippen LogP) is 1.67. The Morgan fingerprint density at radius 2 is 1.93 bits per heavy atom. The molecule has 0 heterocycles. The van der Waals surface area contributed by atoms with E-state index in [-0.39, 0.29) is 11.3 Å². The second-order valence-corrected chi connectivity index (χ2v) is 5.10. The molecule has 0 bridgehead atoms. The fourth-order valence-electron chi connectivity index (χ4n) is 2.42. The van der Waals surface area contributed by atoms with E-state index in [1.807, 2.05) is 0 Å². The Hall–Kier alpha value is -0.570. The third-order valence-corrected chi connectivity index (χ3v) is 3.64. The first kappa shape index (κ1) is 12.5. The van der Waals surface area contributed by atoms with Crippen LogP contribution in [0.5, 0.6) is 0 Å². The molecule has 15 heavy (non-hydrogen) atoms. The van der Waals surface area contributed by atoms with E-state index in [1.165, 1.54) is 32.1 Å². The normalized spacial score (nSPS) is 18.9. The maximum Gasteiger partial charge on any atom is 0.225 e. The highest BCUT2D eigenvalue weighted by atomic mass is 16.2. The molecule has 0 aromatic rings. The molecule has 0 spiro atoms. The van der Waals surface area contributed by atoms with Crippen molar-refractivity contribution in [3.63, 3.8) is 0 Å². The predicted molar refractivity (Wildman–Crippen MR) is 62.4 cm³/mol. The largest absolute Gasteiger partial charge is 0.354 e. The second-order valence-electron chi connectivity index (χ2n) is 5.10. The number of nitrogens with one attached hydrogen (secondary N) is 1. The third-order valence-electron chi connectivity index (χ3n) is 3.64. The van der Waals surface area contributed by atoms with Crippen LogP contribution >= 0.6 is 0 Å². The van der Waals surface area contributed by atoms with Gasteiger partial charge in [-0.15, -0.1) is 0 Å². The minimum absolute atomic E-state index is 0.167. The molecule has 0 unspecified atom stereocenters. The molecule has 1 rings (SSSR count). The topological polar surface area (TPSA) is 55.1 Å². The van der Waals surface area contributed by atoms with Crippen LogP contribution in [0.2, 0.25) is 0 Å². The number of carbonyl (C=O) groups excluding carboxylic acids is 1. The molecule has 3 nitrogen and oxygen atoms in total. The molecular formula is C12H24N2O. The van der Waals surface area contributed by atoms with Crippen molar-refractivity contribution in [2.45, 2.75) is 46.0 Å². The lowest BCUT2D eigenvalue weighted by Crippen LogP contribution is -2.44. The molecule has 1 saturated carbocycles. The van der Waals surface area contributed by atoms with E-state index in [0.717, 1.165) is 0 Å². The fourth-order valence-corrected chi connectivity index (χ4v) is 2.42. The first-order chi connectivity index (χ1) is 7.09. The Morgan fingerprint density at radius 1 is 1.33 bits per heavy atom. The van der Waals surface area contributed by atoms with Gasteiger partial charge in [-0.1, -0.05) is 33.1 Å². The van der Waals surface area contributed by atoms with Crippen LogP contribution in [-0.4, -0.2) is 19.0 Å². The van der Waals surface area contributed by atoms with Crippen molar-refractivity contribution in [1.29, 1.82) is 0 Å². The highest BCUT2D eigenvalue weighted by Gasteiger charge is 2.36. The van der Waals surface area contributed by atoms with Gasteiger partial charge in [-0.2, -0.15) is 0 Å². The highest BCUT2D eigenvalue weighted by molar-refractivity contribution is 5.82. The Balaban J connectivity index is 2.51. The Bertz CT molecular complexity index is 208. The number of hydrogen-bond acceptors (Lipinski definition) is 2. The van der Waals surface area contributed by atoms with Crippen LogP contribution in [0.15, 0.2) is 0 Å². The maximum atomic E-state index is 12.0. The number of rotatable bonds is 4. The van der Waals surface area contributed by atoms with Crippen molar-refractivity contribution in [1.82, 2.24) is 5.32 Å². The molecule has 1 aliphatic rings. The summed E-state index contributed by atoms with van der Waals surface area (Å²) in [7, 11) is 0. The van der Waals surface area contributed by atoms with Crippen LogP contribution in [0.1, 0.15) is 46.0 Å². The lowest BCUT2D eigenvalue weighted by atomic mass is 9.70. The van der Waals surface area contributed by atoms with Crippen molar-refractivity contribution < 1.29 is 4.79 Å². The SMILES string of the molecule is CC(C)(C(=O)NCCN)C1CCCCC1. The van der Waals surface area contributed by atoms with Gasteiger partial charge in [0.05, 0.1) is 0 Å². The summed E-state index contributed by atoms with van der Waals surface area (Å²) in [4.78, 5) is 12.0. The summed E-state index contributed by atoms with van der Waals surface area (Å²) in [6.07, 6.45) is 6.28. The van der Waals surface area contributed by atoms with E-state index in [0.29, 0.717) is 19.0 Å². The van der Waals surface area contributed by atoms with Crippen LogP contribution in [-0.2, 0) is 4.79 Å². The van der Waals surface area contributed by atoms with Crippen molar-refractivity contribution in [3.05, 3.63) is 0 Å². The van der Waals surface area contributed by atoms with Crippen LogP contribution in [0.4, 0.5) is 0 Å². The summed E-state index contributed by atoms with van der Waals surface area (Å²) in [5.41, 5.74) is 5.16. The zero-order valence-electron chi connectivity index (χ0n) is 10.0. The molecule has 3 N–H and O–H groups in total. The van der Waals surface area contributed by atoms with E-state index in [9.17, 15) is 4.79 Å². The molecule has 0 radical (unpaired) electrons. The average molecular weight is 212 g/mol. The van der Waals surface area contributed by atoms with E-state index in [2.05, 4.69) is 19.2 Å². The second kappa shape index (κ2) is 5.50. The van der Waals surface area contributed by atoms with Crippen LogP contribution < -0.4 is 11.1 Å². The standard InChI is InChI=1S/C12H24N2O/c1-12(2,11(15)14-9-8-13)10-6-4-3-5-7-10/h10H,3-9,13H2,1-2H3,(H,14,15). The van der Waals surface area contributed by atoms with Gasteiger partial charge in [0.1, 0.15) is 0 Å². The maximum absolute atomic E-state index is 12.0. The minimum atomic E-state index is -0.227. The van der Waals surface area contributed by atoms with Gasteiger partial charge in [0.25, 0.3) is 0 Å². The lowest BCUT2D eigenvalue weighted by Gasteiger charge is -2.35. The number of amides is 1. The van der Waals surface area contributed by atoms with E-state index >= 15 is 0 Å². The third kappa shape index (κ3) is 3.20. The average Bonchev–Trinajstić information content (AvgIpc) is 2.27. The van der Waals surface area contributed by atoms with Crippen LogP contribution in [0.25, 0.3) is 0 Å². The van der Waals surface area contributed by atoms with Gasteiger partial charge in [0.15, 0.2) is 0 Å². The molecular weight excluding hydrogens is 188 g/mol. The molecule has 0 aromatic carbocycles. The molecule has 0 aromatic heterocycles. The van der Waals surface area contributed by atoms with E-state index < -0.39 is 0 Å². The lowest BCUT2D eigenvalue weighted by molar-refractivity contribution is -0.132. The van der Waals surface area contributed by atoms with Crippen LogP contribution in [0, 0.1) is 11.3 Å². The monoisotopic (exact) mass is 212 g/mol. The summed E-state index contributed by atoms with van der Waals surface area (Å²) in [6.45, 7) is 5.24. The van der Waals surface area contributed by atoms with Gasteiger partial charge in [0, 0.05) is 18.5 Å². The number of nitrogens with two attached hydrogens (primary N) is 1. The highest BCUT2D eigenvalue weighted by Crippen LogP contribution is 2.38. The molecule has 1 aliphatic carbocycles. The molecule has 0 saturated heterocycles. The van der Waals surface area contributed by atoms with Gasteiger partial charge in [-0.3, -0.25) is 4.79 Å². The molecule has 0 atom stereocenters. The molecule has 88 valence electrons. The van der Waals surface area contributed by atoms with Gasteiger partial charge in [-0.25, -0.2) is 0 Å². The zero-order chi connectivity index (χ0) is 11.3. The van der Waals surface area contributed by atoms with Gasteiger partial charge in [0.2, 0.25) is 5.91 Å². The number of carbonyl (C=O) groups is 1. The van der Waals surface area contributed by atoms with Crippen LogP contribution in [0.3, 0.4) is 0 Å². The Labute approximate surface area is 92.8 Å². The molecule has 3 heteroatoms. The summed E-state index contributed by atoms with van der Waals surface area (Å²) in [5.74, 6) is 0.712. The summed E-state index contributed by atoms with van der Waals surface area (Å²) in [5, 5.41) is 2.91. The zero-order valence-corrected chi connectivity index (χ0v) is 10.0. The summed E-state index contributed by atoms with van der Waals surface area (Å²) in [6, 6.07) is 0. The smallest absolute Gasteiger partial charge is 0.225 e. The molecule has 1 amide bonds. The quantitative estimate of drug-likeness (QED) is 0.744. The van der Waals surface area contributed by atoms with Crippen molar-refractivity contribution in [2.75, 3.05) is 13.1 Å². The summed E-state index contributed by atoms with van der Waals surface area (Å²) < 4.78 is 0. The summed E-state index contributed by atoms with van der Waals surface area (Å²) >= 11 is 0. The first-order valence-electron chi connectivity index (χ1n) is 6.07. The van der Waals surface area contributed by atoms with Crippen molar-refractivity contribution in [3.8, 4) is 0 Å². The molecule has 0 aliphatic heterocycles. The van der Waals surface area contributed by atoms with Crippen molar-refractivity contribution >= 4 is 5.91 Å². The van der Waals surface area contributed by atoms with Gasteiger partial charge >= 0.3 is 0 Å². The Morgan fingerprint density at radius 3 is 2.47 bits per heavy atom. The molecule has 1 fully saturated rings. The van der Waals surface area contributed by atoms with E-state index in [4.69, 9.17) is 5.73 Å². The van der Waals surface area contributed by atoms with Crippen molar-refractivity contribution in [2.24, 2.45) is 17.1 Å². The fraction of sp³-hybridized carbons (Fsp3) is 0.917. The van der Waals surface area contributed by atoms with Gasteiger partial charge in [-0.05, 0) is 18.8 Å². The minimum Gasteiger partial charge on any atom is -0.354 e. The van der Waals surface area contributed by atoms with Gasteiger partial charge < -0.3 is 11.1 Å². The van der Waals surface area contributed by atoms with E-state index in [1.54, 1.807) is 0 Å². The first-order valence-corrected chi connectivity index (χ1v) is 6.07. The number of hydrogen-bond donors (Lipinski definition) is 2.